The van der Waals surface area contributed by atoms with Crippen LogP contribution in [0.5, 0.6) is 0 Å². The minimum atomic E-state index is -0.170. The fourth-order valence-corrected chi connectivity index (χ4v) is 2.95. The van der Waals surface area contributed by atoms with Gasteiger partial charge >= 0.3 is 6.03 Å². The van der Waals surface area contributed by atoms with Crippen molar-refractivity contribution < 1.29 is 4.79 Å². The molecule has 0 saturated carbocycles. The quantitative estimate of drug-likeness (QED) is 0.738. The lowest BCUT2D eigenvalue weighted by Crippen LogP contribution is -2.29. The zero-order valence-corrected chi connectivity index (χ0v) is 16.8. The second-order valence-corrected chi connectivity index (χ2v) is 7.49. The molecule has 0 aliphatic carbocycles. The van der Waals surface area contributed by atoms with Crippen LogP contribution in [-0.2, 0) is 6.54 Å². The van der Waals surface area contributed by atoms with Gasteiger partial charge in [-0.3, -0.25) is 0 Å². The van der Waals surface area contributed by atoms with E-state index in [4.69, 9.17) is 0 Å². The van der Waals surface area contributed by atoms with Gasteiger partial charge in [0.1, 0.15) is 0 Å². The zero-order valence-electron chi connectivity index (χ0n) is 16.8. The Hall–Kier alpha value is -2.49. The summed E-state index contributed by atoms with van der Waals surface area (Å²) >= 11 is 0. The largest absolute Gasteiger partial charge is 0.378 e. The van der Waals surface area contributed by atoms with Crippen molar-refractivity contribution >= 4 is 17.4 Å². The summed E-state index contributed by atoms with van der Waals surface area (Å²) in [5.74, 6) is 0.699. The van der Waals surface area contributed by atoms with Crippen LogP contribution in [0.15, 0.2) is 42.5 Å². The molecular weight excluding hydrogens is 322 g/mol. The molecule has 0 radical (unpaired) electrons. The number of carbonyl (C=O) groups is 1. The first-order valence-corrected chi connectivity index (χ1v) is 9.23. The second-order valence-electron chi connectivity index (χ2n) is 7.49. The summed E-state index contributed by atoms with van der Waals surface area (Å²) in [5.41, 5.74) is 5.50. The van der Waals surface area contributed by atoms with E-state index in [0.717, 1.165) is 16.9 Å². The molecule has 0 aliphatic heterocycles. The Morgan fingerprint density at radius 3 is 1.92 bits per heavy atom. The molecule has 0 spiro atoms. The third-order valence-corrected chi connectivity index (χ3v) is 4.52. The van der Waals surface area contributed by atoms with E-state index >= 15 is 0 Å². The third kappa shape index (κ3) is 5.01. The Bertz CT molecular complexity index is 707. The van der Waals surface area contributed by atoms with Crippen molar-refractivity contribution in [3.8, 4) is 0 Å². The molecule has 2 amide bonds. The van der Waals surface area contributed by atoms with Crippen LogP contribution in [-0.4, -0.2) is 20.1 Å². The average molecular weight is 354 g/mol. The Morgan fingerprint density at radius 2 is 1.46 bits per heavy atom. The van der Waals surface area contributed by atoms with Gasteiger partial charge in [-0.2, -0.15) is 0 Å². The maximum atomic E-state index is 12.5. The SMILES string of the molecule is CC(C)c1cccc(C(C)C)c1NC(=O)NCc1ccc(N(C)C)cc1. The van der Waals surface area contributed by atoms with Crippen LogP contribution >= 0.6 is 0 Å². The number of para-hydroxylation sites is 1. The number of nitrogens with one attached hydrogen (secondary N) is 2. The number of carbonyl (C=O) groups excluding carboxylic acids is 1. The number of anilines is 2. The molecule has 0 unspecified atom stereocenters. The zero-order chi connectivity index (χ0) is 19.3. The van der Waals surface area contributed by atoms with Crippen LogP contribution in [0.25, 0.3) is 0 Å². The molecule has 0 saturated heterocycles. The number of rotatable bonds is 6. The molecule has 0 aliphatic rings. The number of hydrogen-bond donors (Lipinski definition) is 2. The Kier molecular flexibility index (Phi) is 6.67. The van der Waals surface area contributed by atoms with E-state index in [-0.39, 0.29) is 6.03 Å². The van der Waals surface area contributed by atoms with E-state index in [9.17, 15) is 4.79 Å². The fraction of sp³-hybridized carbons (Fsp3) is 0.409. The summed E-state index contributed by atoms with van der Waals surface area (Å²) in [4.78, 5) is 14.5. The molecule has 2 aromatic rings. The number of benzene rings is 2. The van der Waals surface area contributed by atoms with Crippen LogP contribution in [0.2, 0.25) is 0 Å². The highest BCUT2D eigenvalue weighted by Crippen LogP contribution is 2.32. The van der Waals surface area contributed by atoms with Crippen molar-refractivity contribution in [3.63, 3.8) is 0 Å². The number of urea groups is 1. The van der Waals surface area contributed by atoms with E-state index in [2.05, 4.69) is 73.6 Å². The minimum Gasteiger partial charge on any atom is -0.378 e. The van der Waals surface area contributed by atoms with Crippen molar-refractivity contribution in [2.75, 3.05) is 24.3 Å². The van der Waals surface area contributed by atoms with Gasteiger partial charge in [0.05, 0.1) is 0 Å². The number of amides is 2. The van der Waals surface area contributed by atoms with Crippen LogP contribution in [0, 0.1) is 0 Å². The van der Waals surface area contributed by atoms with E-state index in [1.54, 1.807) is 0 Å². The lowest BCUT2D eigenvalue weighted by molar-refractivity contribution is 0.251. The second kappa shape index (κ2) is 8.75. The van der Waals surface area contributed by atoms with Gasteiger partial charge in [-0.25, -0.2) is 4.79 Å². The molecule has 2 rings (SSSR count). The standard InChI is InChI=1S/C22H31N3O/c1-15(2)19-8-7-9-20(16(3)4)21(19)24-22(26)23-14-17-10-12-18(13-11-17)25(5)6/h7-13,15-16H,14H2,1-6H3,(H2,23,24,26). The highest BCUT2D eigenvalue weighted by Gasteiger charge is 2.15. The van der Waals surface area contributed by atoms with Crippen molar-refractivity contribution in [1.82, 2.24) is 5.32 Å². The van der Waals surface area contributed by atoms with E-state index in [0.29, 0.717) is 18.4 Å². The summed E-state index contributed by atoms with van der Waals surface area (Å²) < 4.78 is 0. The maximum absolute atomic E-state index is 12.5. The highest BCUT2D eigenvalue weighted by atomic mass is 16.2. The van der Waals surface area contributed by atoms with E-state index in [1.807, 2.05) is 26.2 Å². The molecule has 26 heavy (non-hydrogen) atoms. The van der Waals surface area contributed by atoms with Gasteiger partial charge in [-0.05, 0) is 40.7 Å². The van der Waals surface area contributed by atoms with Crippen molar-refractivity contribution in [2.24, 2.45) is 0 Å². The number of hydrogen-bond acceptors (Lipinski definition) is 2. The summed E-state index contributed by atoms with van der Waals surface area (Å²) in [6.07, 6.45) is 0. The molecule has 4 heteroatoms. The van der Waals surface area contributed by atoms with E-state index in [1.165, 1.54) is 11.1 Å². The molecule has 140 valence electrons. The van der Waals surface area contributed by atoms with Crippen LogP contribution in [0.4, 0.5) is 16.2 Å². The topological polar surface area (TPSA) is 44.4 Å². The lowest BCUT2D eigenvalue weighted by atomic mass is 9.93. The molecule has 0 fully saturated rings. The lowest BCUT2D eigenvalue weighted by Gasteiger charge is -2.20. The number of nitrogens with zero attached hydrogens (tertiary/aromatic N) is 1. The Balaban J connectivity index is 2.08. The fourth-order valence-electron chi connectivity index (χ4n) is 2.95. The predicted octanol–water partition coefficient (Wildman–Crippen LogP) is 5.32. The van der Waals surface area contributed by atoms with Gasteiger partial charge in [0, 0.05) is 32.0 Å². The van der Waals surface area contributed by atoms with Gasteiger partial charge in [-0.15, -0.1) is 0 Å². The summed E-state index contributed by atoms with van der Waals surface area (Å²) in [5, 5.41) is 6.05. The van der Waals surface area contributed by atoms with Gasteiger partial charge in [-0.1, -0.05) is 58.0 Å². The average Bonchev–Trinajstić information content (AvgIpc) is 2.60. The first-order valence-electron chi connectivity index (χ1n) is 9.23. The van der Waals surface area contributed by atoms with Crippen molar-refractivity contribution in [2.45, 2.75) is 46.1 Å². The molecule has 0 aromatic heterocycles. The van der Waals surface area contributed by atoms with E-state index < -0.39 is 0 Å². The smallest absolute Gasteiger partial charge is 0.319 e. The highest BCUT2D eigenvalue weighted by molar-refractivity contribution is 5.91. The molecule has 0 heterocycles. The third-order valence-electron chi connectivity index (χ3n) is 4.52. The van der Waals surface area contributed by atoms with Gasteiger partial charge in [0.15, 0.2) is 0 Å². The normalized spacial score (nSPS) is 10.9. The molecular formula is C22H31N3O. The van der Waals surface area contributed by atoms with Crippen LogP contribution in [0.1, 0.15) is 56.2 Å². The van der Waals surface area contributed by atoms with Gasteiger partial charge in [0.2, 0.25) is 0 Å². The van der Waals surface area contributed by atoms with Crippen molar-refractivity contribution in [1.29, 1.82) is 0 Å². The molecule has 0 atom stereocenters. The van der Waals surface area contributed by atoms with Gasteiger partial charge in [0.25, 0.3) is 0 Å². The summed E-state index contributed by atoms with van der Waals surface area (Å²) in [6.45, 7) is 9.09. The van der Waals surface area contributed by atoms with Gasteiger partial charge < -0.3 is 15.5 Å². The van der Waals surface area contributed by atoms with Crippen LogP contribution < -0.4 is 15.5 Å². The Morgan fingerprint density at radius 1 is 0.923 bits per heavy atom. The maximum Gasteiger partial charge on any atom is 0.319 e. The monoisotopic (exact) mass is 353 g/mol. The summed E-state index contributed by atoms with van der Waals surface area (Å²) in [6, 6.07) is 14.3. The predicted molar refractivity (Wildman–Crippen MR) is 111 cm³/mol. The summed E-state index contributed by atoms with van der Waals surface area (Å²) in [7, 11) is 4.03. The molecule has 2 N–H and O–H groups in total. The minimum absolute atomic E-state index is 0.170. The molecule has 0 bridgehead atoms. The Labute approximate surface area is 157 Å². The van der Waals surface area contributed by atoms with Crippen LogP contribution in [0.3, 0.4) is 0 Å². The first kappa shape index (κ1) is 19.8. The molecule has 2 aromatic carbocycles. The molecule has 4 nitrogen and oxygen atoms in total. The first-order chi connectivity index (χ1) is 12.3. The van der Waals surface area contributed by atoms with Crippen molar-refractivity contribution in [3.05, 3.63) is 59.2 Å².